The van der Waals surface area contributed by atoms with Gasteiger partial charge in [0.1, 0.15) is 5.69 Å². The fourth-order valence-corrected chi connectivity index (χ4v) is 4.21. The summed E-state index contributed by atoms with van der Waals surface area (Å²) in [6.45, 7) is 1.69. The van der Waals surface area contributed by atoms with Gasteiger partial charge in [0, 0.05) is 24.1 Å². The van der Waals surface area contributed by atoms with Crippen LogP contribution in [0.15, 0.2) is 52.3 Å². The second-order valence-corrected chi connectivity index (χ2v) is 7.34. The van der Waals surface area contributed by atoms with E-state index in [4.69, 9.17) is 0 Å². The third kappa shape index (κ3) is 3.17. The van der Waals surface area contributed by atoms with Gasteiger partial charge < -0.3 is 10.2 Å². The van der Waals surface area contributed by atoms with Crippen LogP contribution in [-0.4, -0.2) is 23.9 Å². The lowest BCUT2D eigenvalue weighted by Crippen LogP contribution is -2.19. The van der Waals surface area contributed by atoms with Crippen LogP contribution in [0.1, 0.15) is 18.4 Å². The molecule has 0 saturated carbocycles. The van der Waals surface area contributed by atoms with Gasteiger partial charge in [0.2, 0.25) is 0 Å². The van der Waals surface area contributed by atoms with Gasteiger partial charge in [0.05, 0.1) is 15.5 Å². The summed E-state index contributed by atoms with van der Waals surface area (Å²) in [5.74, 6) is -0.194. The number of hydrogen-bond acceptors (Lipinski definition) is 5. The number of nitro benzene ring substituents is 1. The predicted octanol–water partition coefficient (Wildman–Crippen LogP) is 4.28. The third-order valence-corrected chi connectivity index (χ3v) is 5.62. The Balaban J connectivity index is 1.68. The first-order valence-corrected chi connectivity index (χ1v) is 9.27. The number of rotatable bonds is 3. The zero-order valence-corrected chi connectivity index (χ0v) is 14.8. The van der Waals surface area contributed by atoms with Crippen molar-refractivity contribution in [1.29, 1.82) is 0 Å². The standard InChI is InChI=1S/C19H17N3O3S/c23-19-18(26-17-6-2-1-5-14(17)20-19)12-13-7-8-15(16(11-13)22(24)25)21-9-3-4-10-21/h1-2,5-8,11-12H,3-4,9-10H2,(H,20,23)/b18-12+. The lowest BCUT2D eigenvalue weighted by atomic mass is 10.1. The van der Waals surface area contributed by atoms with Crippen molar-refractivity contribution in [2.75, 3.05) is 23.3 Å². The zero-order valence-electron chi connectivity index (χ0n) is 14.0. The number of nitro groups is 1. The maximum absolute atomic E-state index is 12.3. The number of anilines is 2. The first-order chi connectivity index (χ1) is 12.6. The minimum atomic E-state index is -0.348. The molecule has 2 aromatic carbocycles. The van der Waals surface area contributed by atoms with Crippen LogP contribution in [0.4, 0.5) is 17.1 Å². The first kappa shape index (κ1) is 16.7. The molecule has 0 spiro atoms. The van der Waals surface area contributed by atoms with Gasteiger partial charge in [-0.1, -0.05) is 30.0 Å². The number of nitrogens with one attached hydrogen (secondary N) is 1. The Kier molecular flexibility index (Phi) is 4.38. The molecule has 2 aliphatic heterocycles. The van der Waals surface area contributed by atoms with Gasteiger partial charge in [-0.2, -0.15) is 0 Å². The molecule has 1 amide bonds. The third-order valence-electron chi connectivity index (χ3n) is 4.52. The van der Waals surface area contributed by atoms with Crippen molar-refractivity contribution in [3.8, 4) is 0 Å². The predicted molar refractivity (Wildman–Crippen MR) is 103 cm³/mol. The molecule has 1 fully saturated rings. The normalized spacial score (nSPS) is 17.9. The minimum absolute atomic E-state index is 0.0860. The Bertz CT molecular complexity index is 920. The van der Waals surface area contributed by atoms with E-state index in [-0.39, 0.29) is 16.5 Å². The quantitative estimate of drug-likeness (QED) is 0.498. The monoisotopic (exact) mass is 367 g/mol. The molecule has 0 aliphatic carbocycles. The molecule has 132 valence electrons. The molecule has 7 heteroatoms. The van der Waals surface area contributed by atoms with Crippen LogP contribution in [0.25, 0.3) is 6.08 Å². The number of hydrogen-bond donors (Lipinski definition) is 1. The number of para-hydroxylation sites is 1. The molecule has 0 atom stereocenters. The number of nitrogens with zero attached hydrogens (tertiary/aromatic N) is 2. The molecule has 1 saturated heterocycles. The SMILES string of the molecule is O=C1Nc2ccccc2S/C1=C/c1ccc(N2CCCC2)c([N+](=O)[O-])c1. The maximum Gasteiger partial charge on any atom is 0.293 e. The summed E-state index contributed by atoms with van der Waals surface area (Å²) in [4.78, 5) is 27.0. The van der Waals surface area contributed by atoms with Crippen LogP contribution in [0.5, 0.6) is 0 Å². The molecule has 4 rings (SSSR count). The first-order valence-electron chi connectivity index (χ1n) is 8.45. The lowest BCUT2D eigenvalue weighted by Gasteiger charge is -2.19. The van der Waals surface area contributed by atoms with E-state index < -0.39 is 0 Å². The number of carbonyl (C=O) groups is 1. The average Bonchev–Trinajstić information content (AvgIpc) is 3.17. The van der Waals surface area contributed by atoms with Crippen molar-refractivity contribution in [2.24, 2.45) is 0 Å². The highest BCUT2D eigenvalue weighted by Crippen LogP contribution is 2.39. The van der Waals surface area contributed by atoms with Gasteiger partial charge in [0.25, 0.3) is 11.6 Å². The second kappa shape index (κ2) is 6.84. The fourth-order valence-electron chi connectivity index (χ4n) is 3.26. The molecule has 0 aromatic heterocycles. The molecule has 1 N–H and O–H groups in total. The number of fused-ring (bicyclic) bond motifs is 1. The summed E-state index contributed by atoms with van der Waals surface area (Å²) in [5, 5.41) is 14.4. The molecule has 26 heavy (non-hydrogen) atoms. The highest BCUT2D eigenvalue weighted by atomic mass is 32.2. The zero-order chi connectivity index (χ0) is 18.1. The van der Waals surface area contributed by atoms with E-state index in [0.29, 0.717) is 16.2 Å². The van der Waals surface area contributed by atoms with E-state index in [1.54, 1.807) is 18.2 Å². The van der Waals surface area contributed by atoms with Crippen molar-refractivity contribution in [3.63, 3.8) is 0 Å². The molecule has 0 radical (unpaired) electrons. The van der Waals surface area contributed by atoms with E-state index in [1.165, 1.54) is 11.8 Å². The minimum Gasteiger partial charge on any atom is -0.366 e. The van der Waals surface area contributed by atoms with Crippen LogP contribution >= 0.6 is 11.8 Å². The molecule has 2 aromatic rings. The molecule has 0 bridgehead atoms. The topological polar surface area (TPSA) is 75.5 Å². The number of thioether (sulfide) groups is 1. The van der Waals surface area contributed by atoms with E-state index in [0.717, 1.165) is 36.5 Å². The van der Waals surface area contributed by atoms with Crippen molar-refractivity contribution < 1.29 is 9.72 Å². The van der Waals surface area contributed by atoms with Crippen molar-refractivity contribution in [1.82, 2.24) is 0 Å². The lowest BCUT2D eigenvalue weighted by molar-refractivity contribution is -0.384. The Morgan fingerprint density at radius 2 is 1.92 bits per heavy atom. The maximum atomic E-state index is 12.3. The van der Waals surface area contributed by atoms with Crippen LogP contribution in [0.3, 0.4) is 0 Å². The number of amides is 1. The van der Waals surface area contributed by atoms with Crippen LogP contribution in [-0.2, 0) is 4.79 Å². The van der Waals surface area contributed by atoms with Gasteiger partial charge in [-0.3, -0.25) is 14.9 Å². The summed E-state index contributed by atoms with van der Waals surface area (Å²) in [6.07, 6.45) is 3.81. The van der Waals surface area contributed by atoms with Crippen LogP contribution in [0, 0.1) is 10.1 Å². The molecular formula is C19H17N3O3S. The smallest absolute Gasteiger partial charge is 0.293 e. The van der Waals surface area contributed by atoms with Gasteiger partial charge in [-0.25, -0.2) is 0 Å². The summed E-state index contributed by atoms with van der Waals surface area (Å²) in [5.41, 5.74) is 2.18. The summed E-state index contributed by atoms with van der Waals surface area (Å²) in [7, 11) is 0. The van der Waals surface area contributed by atoms with E-state index in [9.17, 15) is 14.9 Å². The van der Waals surface area contributed by atoms with Gasteiger partial charge in [-0.15, -0.1) is 0 Å². The van der Waals surface area contributed by atoms with Crippen molar-refractivity contribution in [3.05, 3.63) is 63.0 Å². The molecule has 0 unspecified atom stereocenters. The fraction of sp³-hybridized carbons (Fsp3) is 0.211. The van der Waals surface area contributed by atoms with Gasteiger partial charge in [0.15, 0.2) is 0 Å². The van der Waals surface area contributed by atoms with Crippen molar-refractivity contribution >= 4 is 40.8 Å². The Morgan fingerprint density at radius 3 is 2.69 bits per heavy atom. The molecule has 2 heterocycles. The summed E-state index contributed by atoms with van der Waals surface area (Å²) in [6, 6.07) is 12.7. The van der Waals surface area contributed by atoms with Crippen LogP contribution < -0.4 is 10.2 Å². The molecule has 2 aliphatic rings. The van der Waals surface area contributed by atoms with Crippen molar-refractivity contribution in [2.45, 2.75) is 17.7 Å². The van der Waals surface area contributed by atoms with E-state index in [1.807, 2.05) is 35.2 Å². The molecule has 6 nitrogen and oxygen atoms in total. The molecular weight excluding hydrogens is 350 g/mol. The Morgan fingerprint density at radius 1 is 1.15 bits per heavy atom. The van der Waals surface area contributed by atoms with Crippen LogP contribution in [0.2, 0.25) is 0 Å². The highest BCUT2D eigenvalue weighted by molar-refractivity contribution is 8.04. The van der Waals surface area contributed by atoms with Gasteiger partial charge >= 0.3 is 0 Å². The summed E-state index contributed by atoms with van der Waals surface area (Å²) >= 11 is 1.37. The van der Waals surface area contributed by atoms with E-state index in [2.05, 4.69) is 5.32 Å². The highest BCUT2D eigenvalue weighted by Gasteiger charge is 2.24. The summed E-state index contributed by atoms with van der Waals surface area (Å²) < 4.78 is 0. The number of benzene rings is 2. The second-order valence-electron chi connectivity index (χ2n) is 6.26. The largest absolute Gasteiger partial charge is 0.366 e. The Labute approximate surface area is 155 Å². The van der Waals surface area contributed by atoms with E-state index >= 15 is 0 Å². The number of carbonyl (C=O) groups excluding carboxylic acids is 1. The Hall–Kier alpha value is -2.80. The average molecular weight is 367 g/mol. The van der Waals surface area contributed by atoms with Gasteiger partial charge in [-0.05, 0) is 42.7 Å².